The lowest BCUT2D eigenvalue weighted by Crippen LogP contribution is -2.40. The van der Waals surface area contributed by atoms with E-state index in [0.29, 0.717) is 18.5 Å². The number of carbonyl (C=O) groups is 2. The number of carboxylic acids is 1. The van der Waals surface area contributed by atoms with Gasteiger partial charge in [0, 0.05) is 12.6 Å². The molecular formula is C13H18N2O3. The quantitative estimate of drug-likeness (QED) is 0.807. The molecule has 98 valence electrons. The van der Waals surface area contributed by atoms with Gasteiger partial charge in [-0.2, -0.15) is 0 Å². The van der Waals surface area contributed by atoms with E-state index in [1.165, 1.54) is 18.9 Å². The third-order valence-electron chi connectivity index (χ3n) is 2.92. The highest BCUT2D eigenvalue weighted by Crippen LogP contribution is 2.13. The highest BCUT2D eigenvalue weighted by molar-refractivity contribution is 5.97. The van der Waals surface area contributed by atoms with Crippen LogP contribution in [0.15, 0.2) is 24.3 Å². The monoisotopic (exact) mass is 250 g/mol. The molecule has 1 aromatic carbocycles. The molecule has 5 heteroatoms. The Bertz CT molecular complexity index is 446. The van der Waals surface area contributed by atoms with Gasteiger partial charge in [-0.3, -0.25) is 4.79 Å². The molecule has 0 saturated carbocycles. The van der Waals surface area contributed by atoms with Crippen molar-refractivity contribution < 1.29 is 14.7 Å². The summed E-state index contributed by atoms with van der Waals surface area (Å²) in [6.45, 7) is 1.92. The van der Waals surface area contributed by atoms with Crippen LogP contribution in [-0.4, -0.2) is 41.5 Å². The molecule has 18 heavy (non-hydrogen) atoms. The molecule has 3 N–H and O–H groups in total. The summed E-state index contributed by atoms with van der Waals surface area (Å²) in [5, 5.41) is 8.91. The minimum atomic E-state index is -1.03. The predicted molar refractivity (Wildman–Crippen MR) is 68.4 cm³/mol. The molecule has 1 aromatic rings. The van der Waals surface area contributed by atoms with Crippen molar-refractivity contribution in [3.8, 4) is 0 Å². The van der Waals surface area contributed by atoms with Crippen molar-refractivity contribution in [3.05, 3.63) is 35.4 Å². The average Bonchev–Trinajstić information content (AvgIpc) is 2.37. The molecule has 0 heterocycles. The SMILES string of the molecule is CC(C(=O)O)N(C)C(=O)c1ccccc1CCN. The number of nitrogens with zero attached hydrogens (tertiary/aromatic N) is 1. The van der Waals surface area contributed by atoms with Crippen molar-refractivity contribution in [1.82, 2.24) is 4.90 Å². The molecule has 0 aliphatic carbocycles. The van der Waals surface area contributed by atoms with E-state index in [1.807, 2.05) is 12.1 Å². The molecule has 1 rings (SSSR count). The van der Waals surface area contributed by atoms with Crippen LogP contribution < -0.4 is 5.73 Å². The zero-order valence-corrected chi connectivity index (χ0v) is 10.6. The van der Waals surface area contributed by atoms with Gasteiger partial charge >= 0.3 is 5.97 Å². The largest absolute Gasteiger partial charge is 0.480 e. The van der Waals surface area contributed by atoms with Crippen LogP contribution in [0, 0.1) is 0 Å². The number of aliphatic carboxylic acids is 1. The predicted octanol–water partition coefficient (Wildman–Crippen LogP) is 0.733. The van der Waals surface area contributed by atoms with Crippen LogP contribution in [-0.2, 0) is 11.2 Å². The number of carbonyl (C=O) groups excluding carboxylic acids is 1. The van der Waals surface area contributed by atoms with Crippen LogP contribution >= 0.6 is 0 Å². The summed E-state index contributed by atoms with van der Waals surface area (Å²) in [6, 6.07) is 6.26. The number of carboxylic acid groups (broad SMARTS) is 1. The van der Waals surface area contributed by atoms with Gasteiger partial charge in [-0.15, -0.1) is 0 Å². The second-order valence-electron chi connectivity index (χ2n) is 4.13. The first-order valence-corrected chi connectivity index (χ1v) is 5.77. The van der Waals surface area contributed by atoms with Crippen LogP contribution in [0.4, 0.5) is 0 Å². The van der Waals surface area contributed by atoms with Crippen LogP contribution in [0.3, 0.4) is 0 Å². The molecule has 0 bridgehead atoms. The van der Waals surface area contributed by atoms with E-state index >= 15 is 0 Å². The zero-order valence-electron chi connectivity index (χ0n) is 10.6. The molecular weight excluding hydrogens is 232 g/mol. The minimum absolute atomic E-state index is 0.297. The van der Waals surface area contributed by atoms with Crippen molar-refractivity contribution in [1.29, 1.82) is 0 Å². The number of amides is 1. The van der Waals surface area contributed by atoms with Gasteiger partial charge in [-0.25, -0.2) is 4.79 Å². The van der Waals surface area contributed by atoms with Gasteiger partial charge in [0.2, 0.25) is 0 Å². The van der Waals surface area contributed by atoms with E-state index in [9.17, 15) is 9.59 Å². The fourth-order valence-corrected chi connectivity index (χ4v) is 1.63. The molecule has 0 saturated heterocycles. The summed E-state index contributed by atoms with van der Waals surface area (Å²) in [6.07, 6.45) is 0.594. The summed E-state index contributed by atoms with van der Waals surface area (Å²) in [5.74, 6) is -1.32. The van der Waals surface area contributed by atoms with E-state index in [4.69, 9.17) is 10.8 Å². The Morgan fingerprint density at radius 3 is 2.56 bits per heavy atom. The van der Waals surface area contributed by atoms with Gasteiger partial charge in [0.25, 0.3) is 5.91 Å². The van der Waals surface area contributed by atoms with Crippen molar-refractivity contribution in [2.75, 3.05) is 13.6 Å². The second kappa shape index (κ2) is 6.16. The highest BCUT2D eigenvalue weighted by atomic mass is 16.4. The first-order chi connectivity index (χ1) is 8.49. The second-order valence-corrected chi connectivity index (χ2v) is 4.13. The Labute approximate surface area is 106 Å². The maximum Gasteiger partial charge on any atom is 0.326 e. The fraction of sp³-hybridized carbons (Fsp3) is 0.385. The Hall–Kier alpha value is -1.88. The van der Waals surface area contributed by atoms with Crippen molar-refractivity contribution in [2.24, 2.45) is 5.73 Å². The lowest BCUT2D eigenvalue weighted by molar-refractivity contribution is -0.141. The summed E-state index contributed by atoms with van der Waals surface area (Å²) in [4.78, 5) is 24.3. The van der Waals surface area contributed by atoms with Crippen LogP contribution in [0.2, 0.25) is 0 Å². The molecule has 0 spiro atoms. The van der Waals surface area contributed by atoms with E-state index in [1.54, 1.807) is 12.1 Å². The Morgan fingerprint density at radius 1 is 1.39 bits per heavy atom. The van der Waals surface area contributed by atoms with Crippen molar-refractivity contribution in [2.45, 2.75) is 19.4 Å². The molecule has 0 aromatic heterocycles. The smallest absolute Gasteiger partial charge is 0.326 e. The number of benzene rings is 1. The van der Waals surface area contributed by atoms with Gasteiger partial charge in [-0.1, -0.05) is 18.2 Å². The molecule has 0 aliphatic rings. The molecule has 1 unspecified atom stereocenters. The number of likely N-dealkylation sites (N-methyl/N-ethyl adjacent to an activating group) is 1. The van der Waals surface area contributed by atoms with Gasteiger partial charge in [0.05, 0.1) is 0 Å². The van der Waals surface area contributed by atoms with Crippen LogP contribution in [0.1, 0.15) is 22.8 Å². The fourth-order valence-electron chi connectivity index (χ4n) is 1.63. The standard InChI is InChI=1S/C13H18N2O3/c1-9(13(17)18)15(2)12(16)11-6-4-3-5-10(11)7-8-14/h3-6,9H,7-8,14H2,1-2H3,(H,17,18). The van der Waals surface area contributed by atoms with Crippen LogP contribution in [0.25, 0.3) is 0 Å². The molecule has 0 radical (unpaired) electrons. The summed E-state index contributed by atoms with van der Waals surface area (Å²) in [7, 11) is 1.49. The molecule has 0 aliphatic heterocycles. The molecule has 1 amide bonds. The molecule has 5 nitrogen and oxygen atoms in total. The lowest BCUT2D eigenvalue weighted by Gasteiger charge is -2.22. The summed E-state index contributed by atoms with van der Waals surface area (Å²) < 4.78 is 0. The van der Waals surface area contributed by atoms with E-state index < -0.39 is 12.0 Å². The number of rotatable bonds is 5. The maximum atomic E-state index is 12.2. The first kappa shape index (κ1) is 14.2. The minimum Gasteiger partial charge on any atom is -0.480 e. The third-order valence-corrected chi connectivity index (χ3v) is 2.92. The van der Waals surface area contributed by atoms with E-state index in [2.05, 4.69) is 0 Å². The Kier molecular flexibility index (Phi) is 4.85. The average molecular weight is 250 g/mol. The van der Waals surface area contributed by atoms with Gasteiger partial charge in [0.15, 0.2) is 0 Å². The Balaban J connectivity index is 2.99. The number of nitrogens with two attached hydrogens (primary N) is 1. The van der Waals surface area contributed by atoms with Gasteiger partial charge < -0.3 is 15.7 Å². The van der Waals surface area contributed by atoms with Crippen molar-refractivity contribution in [3.63, 3.8) is 0 Å². The van der Waals surface area contributed by atoms with Gasteiger partial charge in [0.1, 0.15) is 6.04 Å². The summed E-state index contributed by atoms with van der Waals surface area (Å²) >= 11 is 0. The lowest BCUT2D eigenvalue weighted by atomic mass is 10.0. The molecule has 0 fully saturated rings. The van der Waals surface area contributed by atoms with E-state index in [-0.39, 0.29) is 5.91 Å². The topological polar surface area (TPSA) is 83.6 Å². The van der Waals surface area contributed by atoms with Crippen molar-refractivity contribution >= 4 is 11.9 Å². The number of hydrogen-bond acceptors (Lipinski definition) is 3. The normalized spacial score (nSPS) is 11.9. The molecule has 1 atom stereocenters. The van der Waals surface area contributed by atoms with E-state index in [0.717, 1.165) is 5.56 Å². The summed E-state index contributed by atoms with van der Waals surface area (Å²) in [5.41, 5.74) is 6.85. The highest BCUT2D eigenvalue weighted by Gasteiger charge is 2.23. The van der Waals surface area contributed by atoms with Crippen LogP contribution in [0.5, 0.6) is 0 Å². The third kappa shape index (κ3) is 3.07. The maximum absolute atomic E-state index is 12.2. The Morgan fingerprint density at radius 2 is 2.00 bits per heavy atom. The first-order valence-electron chi connectivity index (χ1n) is 5.77. The zero-order chi connectivity index (χ0) is 13.7. The number of hydrogen-bond donors (Lipinski definition) is 2. The van der Waals surface area contributed by atoms with Gasteiger partial charge in [-0.05, 0) is 31.5 Å².